The zero-order chi connectivity index (χ0) is 22.0. The lowest BCUT2D eigenvalue weighted by Crippen LogP contribution is -1.86. The Bertz CT molecular complexity index is 1480. The van der Waals surface area contributed by atoms with E-state index >= 15 is 0 Å². The van der Waals surface area contributed by atoms with Gasteiger partial charge in [0.25, 0.3) is 0 Å². The van der Waals surface area contributed by atoms with Crippen LogP contribution in [0.15, 0.2) is 69.5 Å². The first kappa shape index (κ1) is 18.7. The average Bonchev–Trinajstić information content (AvgIpc) is 3.37. The van der Waals surface area contributed by atoms with Crippen molar-refractivity contribution in [1.82, 2.24) is 9.97 Å². The van der Waals surface area contributed by atoms with Crippen molar-refractivity contribution in [1.29, 1.82) is 0 Å². The molecule has 6 heteroatoms. The van der Waals surface area contributed by atoms with Crippen molar-refractivity contribution in [2.45, 2.75) is 13.8 Å². The van der Waals surface area contributed by atoms with Gasteiger partial charge < -0.3 is 8.83 Å². The number of halogens is 2. The third-order valence-electron chi connectivity index (χ3n) is 5.72. The Labute approximate surface area is 181 Å². The average molecular weight is 426 g/mol. The molecule has 0 N–H and O–H groups in total. The fourth-order valence-electron chi connectivity index (χ4n) is 4.01. The van der Waals surface area contributed by atoms with Crippen molar-refractivity contribution < 1.29 is 17.6 Å². The van der Waals surface area contributed by atoms with Gasteiger partial charge in [-0.2, -0.15) is 0 Å². The van der Waals surface area contributed by atoms with Gasteiger partial charge in [0.1, 0.15) is 22.7 Å². The van der Waals surface area contributed by atoms with Gasteiger partial charge in [-0.15, -0.1) is 0 Å². The summed E-state index contributed by atoms with van der Waals surface area (Å²) in [6.07, 6.45) is 0. The molecule has 32 heavy (non-hydrogen) atoms. The Morgan fingerprint density at radius 3 is 1.50 bits per heavy atom. The molecule has 0 spiro atoms. The maximum absolute atomic E-state index is 14.0. The second kappa shape index (κ2) is 6.72. The molecule has 2 aromatic heterocycles. The van der Waals surface area contributed by atoms with Crippen LogP contribution in [0.3, 0.4) is 0 Å². The fraction of sp³-hybridized carbons (Fsp3) is 0.0769. The third kappa shape index (κ3) is 2.80. The molecule has 0 fully saturated rings. The smallest absolute Gasteiger partial charge is 0.227 e. The molecular formula is C26H16F2N2O2. The molecule has 0 aliphatic heterocycles. The van der Waals surface area contributed by atoms with E-state index in [9.17, 15) is 8.78 Å². The summed E-state index contributed by atoms with van der Waals surface area (Å²) < 4.78 is 39.7. The summed E-state index contributed by atoms with van der Waals surface area (Å²) in [7, 11) is 0. The van der Waals surface area contributed by atoms with Crippen LogP contribution < -0.4 is 0 Å². The van der Waals surface area contributed by atoms with Crippen LogP contribution in [0.25, 0.3) is 55.9 Å². The third-order valence-corrected chi connectivity index (χ3v) is 5.72. The number of fused-ring (bicyclic) bond motifs is 3. The first-order valence-corrected chi connectivity index (χ1v) is 10.1. The van der Waals surface area contributed by atoms with Crippen LogP contribution in [0.4, 0.5) is 8.78 Å². The Kier molecular flexibility index (Phi) is 3.92. The standard InChI is InChI=1S/C26H16F2N2O2/c1-13-9-21-23(11-19(13)27)31-25(29-21)17-7-8-18(16-6-4-3-5-15(16)17)26-30-22-10-14(2)20(28)12-24(22)32-26/h3-12H,1-2H3. The summed E-state index contributed by atoms with van der Waals surface area (Å²) in [4.78, 5) is 9.16. The van der Waals surface area contributed by atoms with Gasteiger partial charge in [-0.25, -0.2) is 18.7 Å². The van der Waals surface area contributed by atoms with Gasteiger partial charge in [-0.3, -0.25) is 0 Å². The van der Waals surface area contributed by atoms with E-state index in [2.05, 4.69) is 9.97 Å². The van der Waals surface area contributed by atoms with Crippen molar-refractivity contribution >= 4 is 33.0 Å². The highest BCUT2D eigenvalue weighted by atomic mass is 19.1. The predicted molar refractivity (Wildman–Crippen MR) is 119 cm³/mol. The van der Waals surface area contributed by atoms with Gasteiger partial charge in [0.05, 0.1) is 0 Å². The maximum atomic E-state index is 14.0. The number of hydrogen-bond donors (Lipinski definition) is 0. The number of aryl methyl sites for hydroxylation is 2. The van der Waals surface area contributed by atoms with Crippen LogP contribution in [0.1, 0.15) is 11.1 Å². The molecular weight excluding hydrogens is 410 g/mol. The zero-order valence-electron chi connectivity index (χ0n) is 17.2. The number of nitrogens with zero attached hydrogens (tertiary/aromatic N) is 2. The Morgan fingerprint density at radius 2 is 1.06 bits per heavy atom. The van der Waals surface area contributed by atoms with Crippen LogP contribution in [0, 0.1) is 25.5 Å². The molecule has 0 saturated carbocycles. The van der Waals surface area contributed by atoms with E-state index in [0.717, 1.165) is 21.9 Å². The van der Waals surface area contributed by atoms with Crippen molar-refractivity contribution in [2.24, 2.45) is 0 Å². The highest BCUT2D eigenvalue weighted by Gasteiger charge is 2.18. The second-order valence-corrected chi connectivity index (χ2v) is 7.88. The van der Waals surface area contributed by atoms with Gasteiger partial charge in [0.2, 0.25) is 11.8 Å². The van der Waals surface area contributed by atoms with Crippen molar-refractivity contribution in [3.05, 3.63) is 83.4 Å². The number of aromatic nitrogens is 2. The molecule has 0 amide bonds. The Balaban J connectivity index is 1.56. The molecule has 0 bridgehead atoms. The van der Waals surface area contributed by atoms with E-state index in [1.807, 2.05) is 36.4 Å². The second-order valence-electron chi connectivity index (χ2n) is 7.88. The largest absolute Gasteiger partial charge is 0.436 e. The van der Waals surface area contributed by atoms with E-state index in [4.69, 9.17) is 8.83 Å². The van der Waals surface area contributed by atoms with E-state index in [0.29, 0.717) is 45.1 Å². The van der Waals surface area contributed by atoms with Gasteiger partial charge in [0.15, 0.2) is 11.2 Å². The molecule has 0 aliphatic carbocycles. The van der Waals surface area contributed by atoms with Crippen LogP contribution in [0.2, 0.25) is 0 Å². The lowest BCUT2D eigenvalue weighted by atomic mass is 9.99. The summed E-state index contributed by atoms with van der Waals surface area (Å²) >= 11 is 0. The lowest BCUT2D eigenvalue weighted by Gasteiger charge is -2.07. The molecule has 0 radical (unpaired) electrons. The molecule has 0 aliphatic rings. The van der Waals surface area contributed by atoms with Crippen molar-refractivity contribution in [3.8, 4) is 22.9 Å². The lowest BCUT2D eigenvalue weighted by molar-refractivity contribution is 0.597. The molecule has 0 unspecified atom stereocenters. The molecule has 6 rings (SSSR count). The van der Waals surface area contributed by atoms with E-state index in [1.165, 1.54) is 12.1 Å². The summed E-state index contributed by atoms with van der Waals surface area (Å²) in [5, 5.41) is 1.77. The van der Waals surface area contributed by atoms with E-state index in [1.54, 1.807) is 26.0 Å². The molecule has 0 atom stereocenters. The minimum Gasteiger partial charge on any atom is -0.436 e. The van der Waals surface area contributed by atoms with E-state index in [-0.39, 0.29) is 11.6 Å². The van der Waals surface area contributed by atoms with Crippen LogP contribution >= 0.6 is 0 Å². The number of rotatable bonds is 2. The molecule has 6 aromatic rings. The Morgan fingerprint density at radius 1 is 0.625 bits per heavy atom. The molecule has 156 valence electrons. The van der Waals surface area contributed by atoms with Crippen LogP contribution in [0.5, 0.6) is 0 Å². The zero-order valence-corrected chi connectivity index (χ0v) is 17.2. The van der Waals surface area contributed by atoms with Gasteiger partial charge in [-0.1, -0.05) is 24.3 Å². The highest BCUT2D eigenvalue weighted by molar-refractivity contribution is 6.03. The van der Waals surface area contributed by atoms with Gasteiger partial charge >= 0.3 is 0 Å². The summed E-state index contributed by atoms with van der Waals surface area (Å²) in [6.45, 7) is 3.39. The van der Waals surface area contributed by atoms with Crippen molar-refractivity contribution in [2.75, 3.05) is 0 Å². The predicted octanol–water partition coefficient (Wildman–Crippen LogP) is 7.35. The summed E-state index contributed by atoms with van der Waals surface area (Å²) in [6, 6.07) is 17.6. The first-order valence-electron chi connectivity index (χ1n) is 10.1. The van der Waals surface area contributed by atoms with E-state index < -0.39 is 0 Å². The number of benzene rings is 4. The number of oxazole rings is 2. The van der Waals surface area contributed by atoms with Gasteiger partial charge in [0, 0.05) is 23.3 Å². The first-order chi connectivity index (χ1) is 15.5. The maximum Gasteiger partial charge on any atom is 0.227 e. The summed E-state index contributed by atoms with van der Waals surface area (Å²) in [5.74, 6) is 0.150. The number of hydrogen-bond acceptors (Lipinski definition) is 4. The quantitative estimate of drug-likeness (QED) is 0.290. The van der Waals surface area contributed by atoms with Crippen molar-refractivity contribution in [3.63, 3.8) is 0 Å². The topological polar surface area (TPSA) is 52.1 Å². The monoisotopic (exact) mass is 426 g/mol. The SMILES string of the molecule is Cc1cc2nc(-c3ccc(-c4nc5cc(C)c(F)cc5o4)c4ccccc34)oc2cc1F. The Hall–Kier alpha value is -4.06. The minimum atomic E-state index is -0.331. The fourth-order valence-corrected chi connectivity index (χ4v) is 4.01. The van der Waals surface area contributed by atoms with Crippen LogP contribution in [-0.4, -0.2) is 9.97 Å². The van der Waals surface area contributed by atoms with Crippen LogP contribution in [-0.2, 0) is 0 Å². The molecule has 0 saturated heterocycles. The molecule has 2 heterocycles. The molecule has 4 nitrogen and oxygen atoms in total. The normalized spacial score (nSPS) is 11.8. The van der Waals surface area contributed by atoms with Gasteiger partial charge in [-0.05, 0) is 60.0 Å². The summed E-state index contributed by atoms with van der Waals surface area (Å²) in [5.41, 5.74) is 4.57. The minimum absolute atomic E-state index is 0.331. The molecule has 4 aromatic carbocycles. The highest BCUT2D eigenvalue weighted by Crippen LogP contribution is 2.37.